The van der Waals surface area contributed by atoms with E-state index in [-0.39, 0.29) is 31.0 Å². The van der Waals surface area contributed by atoms with Crippen LogP contribution in [0.1, 0.15) is 32.1 Å². The SMILES string of the molecule is O=C1C2CC3CC1CC(OC(=O)C(F)(F)C(F)(F)C(F)(F)[N+](=O)[O-])(C3)C2. The molecule has 4 aliphatic carbocycles. The van der Waals surface area contributed by atoms with Gasteiger partial charge in [0, 0.05) is 11.8 Å². The Hall–Kier alpha value is -1.88. The molecule has 4 aliphatic rings. The van der Waals surface area contributed by atoms with E-state index in [0.29, 0.717) is 12.8 Å². The average Bonchev–Trinajstić information content (AvgIpc) is 2.50. The van der Waals surface area contributed by atoms with Crippen LogP contribution in [-0.4, -0.2) is 40.2 Å². The molecule has 0 amide bonds. The molecule has 146 valence electrons. The van der Waals surface area contributed by atoms with Crippen molar-refractivity contribution in [2.24, 2.45) is 17.8 Å². The zero-order valence-corrected chi connectivity index (χ0v) is 13.0. The molecule has 0 N–H and O–H groups in total. The molecule has 0 heterocycles. The lowest BCUT2D eigenvalue weighted by molar-refractivity contribution is -0.682. The van der Waals surface area contributed by atoms with Crippen molar-refractivity contribution in [1.29, 1.82) is 0 Å². The Morgan fingerprint density at radius 1 is 1.08 bits per heavy atom. The normalized spacial score (nSPS) is 34.1. The van der Waals surface area contributed by atoms with Gasteiger partial charge in [-0.3, -0.25) is 14.9 Å². The molecule has 0 saturated heterocycles. The number of ketones is 1. The molecule has 0 radical (unpaired) electrons. The first kappa shape index (κ1) is 18.9. The van der Waals surface area contributed by atoms with Gasteiger partial charge in [0.2, 0.25) is 0 Å². The molecule has 4 rings (SSSR count). The third kappa shape index (κ3) is 2.40. The van der Waals surface area contributed by atoms with Gasteiger partial charge in [0.05, 0.1) is 0 Å². The molecule has 0 spiro atoms. The van der Waals surface area contributed by atoms with E-state index in [4.69, 9.17) is 0 Å². The van der Waals surface area contributed by atoms with Gasteiger partial charge in [-0.15, -0.1) is 8.78 Å². The van der Waals surface area contributed by atoms with Crippen LogP contribution in [0.5, 0.6) is 0 Å². The predicted octanol–water partition coefficient (Wildman–Crippen LogP) is 2.82. The summed E-state index contributed by atoms with van der Waals surface area (Å²) in [7, 11) is 0. The van der Waals surface area contributed by atoms with Crippen molar-refractivity contribution in [2.45, 2.75) is 55.6 Å². The quantitative estimate of drug-likeness (QED) is 0.237. The summed E-state index contributed by atoms with van der Waals surface area (Å²) >= 11 is 0. The van der Waals surface area contributed by atoms with Crippen molar-refractivity contribution in [3.63, 3.8) is 0 Å². The first-order valence-corrected chi connectivity index (χ1v) is 7.78. The second-order valence-electron chi connectivity index (χ2n) is 7.27. The number of rotatable bonds is 5. The maximum atomic E-state index is 13.7. The monoisotopic (exact) mass is 389 g/mol. The minimum Gasteiger partial charge on any atom is -0.454 e. The number of esters is 1. The van der Waals surface area contributed by atoms with Crippen molar-refractivity contribution in [2.75, 3.05) is 0 Å². The molecular weight excluding hydrogens is 376 g/mol. The lowest BCUT2D eigenvalue weighted by atomic mass is 9.53. The summed E-state index contributed by atoms with van der Waals surface area (Å²) in [5.41, 5.74) is -1.61. The van der Waals surface area contributed by atoms with Crippen LogP contribution in [-0.2, 0) is 14.3 Å². The Bertz CT molecular complexity index is 663. The van der Waals surface area contributed by atoms with E-state index in [0.717, 1.165) is 0 Å². The molecule has 0 aromatic carbocycles. The highest BCUT2D eigenvalue weighted by Crippen LogP contribution is 2.56. The number of halogens is 6. The van der Waals surface area contributed by atoms with Crippen molar-refractivity contribution < 1.29 is 45.6 Å². The summed E-state index contributed by atoms with van der Waals surface area (Å²) in [6.07, 6.45) is 0.725. The molecule has 4 bridgehead atoms. The fraction of sp³-hybridized carbons (Fsp3) is 0.857. The zero-order chi connectivity index (χ0) is 19.7. The standard InChI is InChI=1S/C14H13F6NO5/c15-12(16,13(17,18)14(19,20)21(24)25)10(23)26-11-3-6-1-7(4-11)9(22)8(2-6)5-11/h6-8H,1-5H2. The van der Waals surface area contributed by atoms with Gasteiger partial charge < -0.3 is 4.74 Å². The molecule has 6 nitrogen and oxygen atoms in total. The number of carbonyl (C=O) groups excluding carboxylic acids is 2. The number of hydrogen-bond donors (Lipinski definition) is 0. The van der Waals surface area contributed by atoms with Gasteiger partial charge in [0.25, 0.3) is 0 Å². The van der Waals surface area contributed by atoms with E-state index < -0.39 is 46.2 Å². The number of Topliss-reactive ketones (excluding diaryl/α,β-unsaturated/α-hetero) is 1. The van der Waals surface area contributed by atoms with Crippen LogP contribution in [0.4, 0.5) is 26.3 Å². The predicted molar refractivity (Wildman–Crippen MR) is 69.2 cm³/mol. The number of ether oxygens (including phenoxy) is 1. The van der Waals surface area contributed by atoms with Crippen LogP contribution in [0, 0.1) is 27.9 Å². The van der Waals surface area contributed by atoms with Crippen molar-refractivity contribution >= 4 is 11.8 Å². The molecule has 2 unspecified atom stereocenters. The molecule has 0 aromatic heterocycles. The van der Waals surface area contributed by atoms with Crippen LogP contribution in [0.15, 0.2) is 0 Å². The molecule has 12 heteroatoms. The fourth-order valence-electron chi connectivity index (χ4n) is 4.49. The lowest BCUT2D eigenvalue weighted by Crippen LogP contribution is -2.63. The molecular formula is C14H13F6NO5. The summed E-state index contributed by atoms with van der Waals surface area (Å²) in [6.45, 7) is 0. The highest BCUT2D eigenvalue weighted by molar-refractivity contribution is 5.86. The molecule has 2 atom stereocenters. The minimum absolute atomic E-state index is 0.0618. The second-order valence-corrected chi connectivity index (χ2v) is 7.27. The van der Waals surface area contributed by atoms with Gasteiger partial charge in [0.1, 0.15) is 16.3 Å². The first-order chi connectivity index (χ1) is 11.7. The molecule has 26 heavy (non-hydrogen) atoms. The molecule has 0 aromatic rings. The number of hydrogen-bond acceptors (Lipinski definition) is 5. The third-order valence-corrected chi connectivity index (χ3v) is 5.50. The van der Waals surface area contributed by atoms with E-state index >= 15 is 0 Å². The van der Waals surface area contributed by atoms with Crippen LogP contribution in [0.3, 0.4) is 0 Å². The largest absolute Gasteiger partial charge is 0.583 e. The van der Waals surface area contributed by atoms with E-state index in [1.165, 1.54) is 0 Å². The number of nitrogens with zero attached hydrogens (tertiary/aromatic N) is 1. The number of carbonyl (C=O) groups is 2. The number of alkyl halides is 6. The van der Waals surface area contributed by atoms with E-state index in [1.54, 1.807) is 0 Å². The summed E-state index contributed by atoms with van der Waals surface area (Å²) in [5.74, 6) is -17.0. The highest BCUT2D eigenvalue weighted by atomic mass is 19.3. The average molecular weight is 389 g/mol. The Morgan fingerprint density at radius 3 is 2.04 bits per heavy atom. The smallest absolute Gasteiger partial charge is 0.454 e. The van der Waals surface area contributed by atoms with Crippen LogP contribution in [0.25, 0.3) is 0 Å². The van der Waals surface area contributed by atoms with Crippen molar-refractivity contribution in [3.8, 4) is 0 Å². The number of nitro groups is 1. The van der Waals surface area contributed by atoms with Gasteiger partial charge in [0.15, 0.2) is 0 Å². The second kappa shape index (κ2) is 5.32. The van der Waals surface area contributed by atoms with Crippen LogP contribution in [0.2, 0.25) is 0 Å². The Labute approximate surface area is 142 Å². The molecule has 0 aliphatic heterocycles. The first-order valence-electron chi connectivity index (χ1n) is 7.78. The summed E-state index contributed by atoms with van der Waals surface area (Å²) in [6, 6.07) is -6.37. The maximum Gasteiger partial charge on any atom is 0.583 e. The van der Waals surface area contributed by atoms with Crippen molar-refractivity contribution in [1.82, 2.24) is 0 Å². The summed E-state index contributed by atoms with van der Waals surface area (Å²) < 4.78 is 84.7. The Kier molecular flexibility index (Phi) is 3.87. The molecule has 4 fully saturated rings. The van der Waals surface area contributed by atoms with E-state index in [1.807, 2.05) is 0 Å². The van der Waals surface area contributed by atoms with Gasteiger partial charge in [-0.05, 0) is 38.0 Å². The van der Waals surface area contributed by atoms with Gasteiger partial charge in [-0.2, -0.15) is 17.6 Å². The zero-order valence-electron chi connectivity index (χ0n) is 13.0. The van der Waals surface area contributed by atoms with E-state index in [9.17, 15) is 46.0 Å². The van der Waals surface area contributed by atoms with E-state index in [2.05, 4.69) is 4.74 Å². The van der Waals surface area contributed by atoms with Crippen LogP contribution >= 0.6 is 0 Å². The lowest BCUT2D eigenvalue weighted by Gasteiger charge is -2.54. The maximum absolute atomic E-state index is 13.7. The van der Waals surface area contributed by atoms with Crippen molar-refractivity contribution in [3.05, 3.63) is 10.1 Å². The molecule has 4 saturated carbocycles. The topological polar surface area (TPSA) is 86.5 Å². The summed E-state index contributed by atoms with van der Waals surface area (Å²) in [5, 5.41) is 10.0. The third-order valence-electron chi connectivity index (χ3n) is 5.50. The van der Waals surface area contributed by atoms with Gasteiger partial charge >= 0.3 is 23.9 Å². The van der Waals surface area contributed by atoms with Gasteiger partial charge in [-0.1, -0.05) is 0 Å². The van der Waals surface area contributed by atoms with Gasteiger partial charge in [-0.25, -0.2) is 4.79 Å². The summed E-state index contributed by atoms with van der Waals surface area (Å²) in [4.78, 5) is 30.8. The Morgan fingerprint density at radius 2 is 1.58 bits per heavy atom. The van der Waals surface area contributed by atoms with Crippen LogP contribution < -0.4 is 0 Å². The highest BCUT2D eigenvalue weighted by Gasteiger charge is 2.84. The fourth-order valence-corrected chi connectivity index (χ4v) is 4.49. The Balaban J connectivity index is 1.83. The minimum atomic E-state index is -6.58.